The van der Waals surface area contributed by atoms with Gasteiger partial charge in [-0.25, -0.2) is 4.98 Å². The van der Waals surface area contributed by atoms with E-state index in [9.17, 15) is 4.79 Å². The molecule has 0 radical (unpaired) electrons. The van der Waals surface area contributed by atoms with Crippen LogP contribution < -0.4 is 19.1 Å². The van der Waals surface area contributed by atoms with Crippen molar-refractivity contribution in [2.24, 2.45) is 0 Å². The lowest BCUT2D eigenvalue weighted by atomic mass is 10.1. The summed E-state index contributed by atoms with van der Waals surface area (Å²) in [6.07, 6.45) is 3.59. The van der Waals surface area contributed by atoms with E-state index in [-0.39, 0.29) is 5.91 Å². The summed E-state index contributed by atoms with van der Waals surface area (Å²) in [6.45, 7) is 1.94. The van der Waals surface area contributed by atoms with Gasteiger partial charge in [-0.05, 0) is 42.5 Å². The Morgan fingerprint density at radius 3 is 2.87 bits per heavy atom. The quantitative estimate of drug-likeness (QED) is 0.459. The Kier molecular flexibility index (Phi) is 5.17. The molecule has 0 saturated heterocycles. The highest BCUT2D eigenvalue weighted by Gasteiger charge is 2.23. The Labute approximate surface area is 182 Å². The maximum absolute atomic E-state index is 13.5. The Morgan fingerprint density at radius 1 is 1.19 bits per heavy atom. The summed E-state index contributed by atoms with van der Waals surface area (Å²) in [4.78, 5) is 19.9. The molecule has 0 unspecified atom stereocenters. The van der Waals surface area contributed by atoms with Crippen LogP contribution in [0.5, 0.6) is 17.2 Å². The molecule has 31 heavy (non-hydrogen) atoms. The van der Waals surface area contributed by atoms with Crippen LogP contribution in [-0.2, 0) is 6.54 Å². The fourth-order valence-corrected chi connectivity index (χ4v) is 4.41. The van der Waals surface area contributed by atoms with Gasteiger partial charge in [0.05, 0.1) is 23.9 Å². The molecule has 0 fully saturated rings. The van der Waals surface area contributed by atoms with Crippen molar-refractivity contribution in [3.63, 3.8) is 0 Å². The second kappa shape index (κ2) is 8.27. The number of aromatic nitrogens is 3. The first kappa shape index (κ1) is 19.4. The van der Waals surface area contributed by atoms with Crippen molar-refractivity contribution in [2.45, 2.75) is 6.54 Å². The fraction of sp³-hybridized carbons (Fsp3) is 0.227. The maximum atomic E-state index is 13.5. The Balaban J connectivity index is 1.49. The zero-order valence-electron chi connectivity index (χ0n) is 16.9. The summed E-state index contributed by atoms with van der Waals surface area (Å²) >= 11 is 1.45. The first-order valence-corrected chi connectivity index (χ1v) is 10.7. The first-order valence-electron chi connectivity index (χ1n) is 9.85. The molecule has 3 heterocycles. The van der Waals surface area contributed by atoms with Gasteiger partial charge in [0, 0.05) is 24.5 Å². The number of hydrogen-bond acceptors (Lipinski definition) is 7. The van der Waals surface area contributed by atoms with Gasteiger partial charge in [-0.1, -0.05) is 11.3 Å². The zero-order valence-corrected chi connectivity index (χ0v) is 17.7. The minimum Gasteiger partial charge on any atom is -0.497 e. The summed E-state index contributed by atoms with van der Waals surface area (Å²) in [5.74, 6) is 1.83. The van der Waals surface area contributed by atoms with Crippen molar-refractivity contribution in [3.05, 3.63) is 60.4 Å². The molecule has 1 aliphatic heterocycles. The lowest BCUT2D eigenvalue weighted by molar-refractivity contribution is 0.0984. The second-order valence-corrected chi connectivity index (χ2v) is 7.92. The SMILES string of the molecule is COc1ccc2nc(N(CCn3cccn3)C(=O)c3ccc4c(c3)OCCO4)sc2c1. The maximum Gasteiger partial charge on any atom is 0.260 e. The van der Waals surface area contributed by atoms with E-state index in [1.54, 1.807) is 41.1 Å². The van der Waals surface area contributed by atoms with Crippen LogP contribution in [0.25, 0.3) is 10.2 Å². The molecule has 1 amide bonds. The number of benzene rings is 2. The van der Waals surface area contributed by atoms with E-state index in [1.807, 2.05) is 30.5 Å². The molecule has 2 aromatic carbocycles. The average molecular weight is 436 g/mol. The molecule has 0 spiro atoms. The third-order valence-electron chi connectivity index (χ3n) is 4.96. The van der Waals surface area contributed by atoms with Crippen LogP contribution in [0.1, 0.15) is 10.4 Å². The lowest BCUT2D eigenvalue weighted by Crippen LogP contribution is -2.34. The molecule has 4 aromatic rings. The predicted octanol–water partition coefficient (Wildman–Crippen LogP) is 3.62. The highest BCUT2D eigenvalue weighted by atomic mass is 32.1. The third kappa shape index (κ3) is 3.91. The van der Waals surface area contributed by atoms with Crippen LogP contribution in [0.4, 0.5) is 5.13 Å². The number of rotatable bonds is 6. The van der Waals surface area contributed by atoms with Crippen molar-refractivity contribution >= 4 is 32.6 Å². The van der Waals surface area contributed by atoms with Crippen molar-refractivity contribution in [1.82, 2.24) is 14.8 Å². The number of ether oxygens (including phenoxy) is 3. The molecule has 0 N–H and O–H groups in total. The number of nitrogens with zero attached hydrogens (tertiary/aromatic N) is 4. The smallest absolute Gasteiger partial charge is 0.260 e. The summed E-state index contributed by atoms with van der Waals surface area (Å²) in [5, 5.41) is 4.87. The lowest BCUT2D eigenvalue weighted by Gasteiger charge is -2.22. The van der Waals surface area contributed by atoms with Crippen LogP contribution in [0.2, 0.25) is 0 Å². The van der Waals surface area contributed by atoms with Crippen LogP contribution in [0.15, 0.2) is 54.9 Å². The molecule has 0 saturated carbocycles. The topological polar surface area (TPSA) is 78.7 Å². The van der Waals surface area contributed by atoms with Crippen LogP contribution in [0, 0.1) is 0 Å². The molecule has 5 rings (SSSR count). The molecule has 0 atom stereocenters. The molecule has 8 nitrogen and oxygen atoms in total. The average Bonchev–Trinajstić information content (AvgIpc) is 3.48. The van der Waals surface area contributed by atoms with E-state index in [2.05, 4.69) is 5.10 Å². The minimum atomic E-state index is -0.157. The summed E-state index contributed by atoms with van der Waals surface area (Å²) in [6, 6.07) is 12.8. The van der Waals surface area contributed by atoms with E-state index >= 15 is 0 Å². The number of anilines is 1. The summed E-state index contributed by atoms with van der Waals surface area (Å²) < 4.78 is 19.3. The summed E-state index contributed by atoms with van der Waals surface area (Å²) in [5.41, 5.74) is 1.33. The van der Waals surface area contributed by atoms with Gasteiger partial charge in [0.25, 0.3) is 5.91 Å². The van der Waals surface area contributed by atoms with Crippen molar-refractivity contribution in [2.75, 3.05) is 31.8 Å². The van der Waals surface area contributed by atoms with Gasteiger partial charge < -0.3 is 14.2 Å². The predicted molar refractivity (Wildman–Crippen MR) is 118 cm³/mol. The van der Waals surface area contributed by atoms with Gasteiger partial charge in [-0.2, -0.15) is 5.10 Å². The van der Waals surface area contributed by atoms with Gasteiger partial charge >= 0.3 is 0 Å². The number of methoxy groups -OCH3 is 1. The molecular formula is C22H20N4O4S. The summed E-state index contributed by atoms with van der Waals surface area (Å²) in [7, 11) is 1.63. The number of carbonyl (C=O) groups is 1. The third-order valence-corrected chi connectivity index (χ3v) is 6.00. The highest BCUT2D eigenvalue weighted by molar-refractivity contribution is 7.22. The van der Waals surface area contributed by atoms with Crippen molar-refractivity contribution in [1.29, 1.82) is 0 Å². The standard InChI is InChI=1S/C22H20N4O4S/c1-28-16-4-5-17-20(14-16)31-22(24-17)26(10-9-25-8-2-7-23-25)21(27)15-3-6-18-19(13-15)30-12-11-29-18/h2-8,13-14H,9-12H2,1H3. The zero-order chi connectivity index (χ0) is 21.2. The van der Waals surface area contributed by atoms with Crippen LogP contribution in [-0.4, -0.2) is 47.5 Å². The van der Waals surface area contributed by atoms with Gasteiger partial charge in [0.2, 0.25) is 0 Å². The van der Waals surface area contributed by atoms with E-state index in [4.69, 9.17) is 19.2 Å². The van der Waals surface area contributed by atoms with Crippen LogP contribution >= 0.6 is 11.3 Å². The highest BCUT2D eigenvalue weighted by Crippen LogP contribution is 2.34. The number of amides is 1. The van der Waals surface area contributed by atoms with E-state index < -0.39 is 0 Å². The normalized spacial score (nSPS) is 12.7. The van der Waals surface area contributed by atoms with Crippen LogP contribution in [0.3, 0.4) is 0 Å². The number of carbonyl (C=O) groups excluding carboxylic acids is 1. The van der Waals surface area contributed by atoms with Gasteiger partial charge in [0.1, 0.15) is 19.0 Å². The molecule has 2 aromatic heterocycles. The molecule has 9 heteroatoms. The Morgan fingerprint density at radius 2 is 2.06 bits per heavy atom. The van der Waals surface area contributed by atoms with Gasteiger partial charge in [-0.3, -0.25) is 14.4 Å². The fourth-order valence-electron chi connectivity index (χ4n) is 3.39. The molecule has 0 bridgehead atoms. The molecule has 1 aliphatic rings. The number of fused-ring (bicyclic) bond motifs is 2. The van der Waals surface area contributed by atoms with E-state index in [0.717, 1.165) is 16.0 Å². The monoisotopic (exact) mass is 436 g/mol. The Hall–Kier alpha value is -3.59. The van der Waals surface area contributed by atoms with Crippen molar-refractivity contribution in [3.8, 4) is 17.2 Å². The van der Waals surface area contributed by atoms with E-state index in [1.165, 1.54) is 11.3 Å². The molecule has 0 aliphatic carbocycles. The molecular weight excluding hydrogens is 416 g/mol. The van der Waals surface area contributed by atoms with Crippen molar-refractivity contribution < 1.29 is 19.0 Å². The van der Waals surface area contributed by atoms with Gasteiger partial charge in [0.15, 0.2) is 16.6 Å². The first-order chi connectivity index (χ1) is 15.2. The number of hydrogen-bond donors (Lipinski definition) is 0. The largest absolute Gasteiger partial charge is 0.497 e. The second-order valence-electron chi connectivity index (χ2n) is 6.91. The van der Waals surface area contributed by atoms with E-state index in [0.29, 0.717) is 48.5 Å². The molecule has 158 valence electrons. The minimum absolute atomic E-state index is 0.157. The number of thiazole rings is 1. The van der Waals surface area contributed by atoms with Gasteiger partial charge in [-0.15, -0.1) is 0 Å². The Bertz CT molecular complexity index is 1220.